The van der Waals surface area contributed by atoms with Crippen molar-refractivity contribution in [2.45, 2.75) is 26.1 Å². The number of aromatic hydroxyl groups is 1. The lowest BCUT2D eigenvalue weighted by molar-refractivity contribution is 0.111. The van der Waals surface area contributed by atoms with Crippen LogP contribution in [0.25, 0.3) is 0 Å². The molecule has 4 aromatic rings. The maximum atomic E-state index is 10.5. The smallest absolute Gasteiger partial charge is 0.150 e. The van der Waals surface area contributed by atoms with Crippen LogP contribution >= 0.6 is 0 Å². The molecule has 0 aromatic heterocycles. The monoisotopic (exact) mass is 470 g/mol. The normalized spacial score (nSPS) is 11.4. The first-order valence-electron chi connectivity index (χ1n) is 11.2. The second-order valence-corrected chi connectivity index (χ2v) is 7.65. The number of benzene rings is 4. The van der Waals surface area contributed by atoms with Gasteiger partial charge in [-0.15, -0.1) is 0 Å². The Kier molecular flexibility index (Phi) is 11.5. The summed E-state index contributed by atoms with van der Waals surface area (Å²) in [5.74, 6) is 0.951. The van der Waals surface area contributed by atoms with Crippen LogP contribution in [0.4, 0.5) is 0 Å². The van der Waals surface area contributed by atoms with E-state index in [2.05, 4.69) is 0 Å². The standard InChI is InChI=1S/C15H14O2.C8H10O.C7H6O2/c1-12(14-5-3-2-4-6-14)17-15-9-7-13(11-16)8-10-15;1-7(9)8-5-3-2-4-6-8;8-5-6-1-3-7(9)4-2-6/h2-12H,1H3;2-7,9H,1H3;1-5,9H/t12-;7-;/m10./s1. The third-order valence-electron chi connectivity index (χ3n) is 4.91. The highest BCUT2D eigenvalue weighted by Gasteiger charge is 2.06. The molecular formula is C30H30O5. The van der Waals surface area contributed by atoms with E-state index in [1.807, 2.05) is 79.7 Å². The second-order valence-electron chi connectivity index (χ2n) is 7.65. The minimum Gasteiger partial charge on any atom is -0.508 e. The second kappa shape index (κ2) is 14.8. The molecule has 0 heterocycles. The van der Waals surface area contributed by atoms with Crippen molar-refractivity contribution in [1.29, 1.82) is 0 Å². The Morgan fingerprint density at radius 2 is 1.06 bits per heavy atom. The zero-order valence-electron chi connectivity index (χ0n) is 19.8. The minimum absolute atomic E-state index is 0.00159. The molecule has 0 radical (unpaired) electrons. The van der Waals surface area contributed by atoms with Crippen LogP contribution in [0.15, 0.2) is 109 Å². The highest BCUT2D eigenvalue weighted by molar-refractivity contribution is 5.75. The van der Waals surface area contributed by atoms with E-state index in [0.717, 1.165) is 29.4 Å². The molecule has 0 fully saturated rings. The number of hydrogen-bond donors (Lipinski definition) is 2. The molecule has 2 N–H and O–H groups in total. The van der Waals surface area contributed by atoms with Gasteiger partial charge in [0.25, 0.3) is 0 Å². The number of phenols is 1. The Morgan fingerprint density at radius 3 is 1.46 bits per heavy atom. The lowest BCUT2D eigenvalue weighted by Crippen LogP contribution is -2.02. The van der Waals surface area contributed by atoms with Crippen molar-refractivity contribution in [2.24, 2.45) is 0 Å². The summed E-state index contributed by atoms with van der Waals surface area (Å²) in [5.41, 5.74) is 3.34. The molecule has 5 heteroatoms. The van der Waals surface area contributed by atoms with Crippen LogP contribution in [0.3, 0.4) is 0 Å². The van der Waals surface area contributed by atoms with E-state index in [1.165, 1.54) is 12.1 Å². The van der Waals surface area contributed by atoms with E-state index in [0.29, 0.717) is 11.1 Å². The molecular weight excluding hydrogens is 440 g/mol. The lowest BCUT2D eigenvalue weighted by Gasteiger charge is -2.14. The van der Waals surface area contributed by atoms with Crippen LogP contribution in [0.1, 0.15) is 57.9 Å². The first-order valence-corrected chi connectivity index (χ1v) is 11.2. The molecule has 4 aromatic carbocycles. The summed E-state index contributed by atoms with van der Waals surface area (Å²) >= 11 is 0. The van der Waals surface area contributed by atoms with Crippen LogP contribution < -0.4 is 4.74 Å². The molecule has 0 unspecified atom stereocenters. The van der Waals surface area contributed by atoms with Crippen molar-refractivity contribution in [3.05, 3.63) is 131 Å². The number of aldehydes is 2. The number of rotatable bonds is 6. The predicted molar refractivity (Wildman–Crippen MR) is 138 cm³/mol. The molecule has 180 valence electrons. The SMILES string of the molecule is C[C@@H](Oc1ccc(C=O)cc1)c1ccccc1.C[C@H](O)c1ccccc1.O=Cc1ccc(O)cc1. The summed E-state index contributed by atoms with van der Waals surface area (Å²) in [6.07, 6.45) is 1.22. The zero-order chi connectivity index (χ0) is 25.5. The van der Waals surface area contributed by atoms with Crippen LogP contribution in [-0.2, 0) is 0 Å². The summed E-state index contributed by atoms with van der Waals surface area (Å²) in [6, 6.07) is 32.8. The van der Waals surface area contributed by atoms with Crippen LogP contribution in [0.2, 0.25) is 0 Å². The van der Waals surface area contributed by atoms with Gasteiger partial charge in [-0.25, -0.2) is 0 Å². The molecule has 4 rings (SSSR count). The Bertz CT molecular complexity index is 1120. The number of aliphatic hydroxyl groups excluding tert-OH is 1. The topological polar surface area (TPSA) is 83.8 Å². The first-order chi connectivity index (χ1) is 16.9. The number of hydrogen-bond acceptors (Lipinski definition) is 5. The number of ether oxygens (including phenoxy) is 1. The van der Waals surface area contributed by atoms with Crippen LogP contribution in [-0.4, -0.2) is 22.8 Å². The Hall–Kier alpha value is -4.22. The molecule has 0 aliphatic carbocycles. The summed E-state index contributed by atoms with van der Waals surface area (Å²) < 4.78 is 5.78. The largest absolute Gasteiger partial charge is 0.508 e. The van der Waals surface area contributed by atoms with Gasteiger partial charge in [-0.2, -0.15) is 0 Å². The maximum Gasteiger partial charge on any atom is 0.150 e. The molecule has 0 bridgehead atoms. The fraction of sp³-hybridized carbons (Fsp3) is 0.133. The third kappa shape index (κ3) is 10.1. The molecule has 0 amide bonds. The van der Waals surface area contributed by atoms with Gasteiger partial charge in [0, 0.05) is 11.1 Å². The molecule has 2 atom stereocenters. The third-order valence-corrected chi connectivity index (χ3v) is 4.91. The van der Waals surface area contributed by atoms with Crippen molar-refractivity contribution >= 4 is 12.6 Å². The van der Waals surface area contributed by atoms with Gasteiger partial charge in [-0.3, -0.25) is 9.59 Å². The van der Waals surface area contributed by atoms with Crippen molar-refractivity contribution in [3.63, 3.8) is 0 Å². The highest BCUT2D eigenvalue weighted by Crippen LogP contribution is 2.21. The maximum absolute atomic E-state index is 10.5. The van der Waals surface area contributed by atoms with Gasteiger partial charge >= 0.3 is 0 Å². The van der Waals surface area contributed by atoms with E-state index in [4.69, 9.17) is 14.9 Å². The Balaban J connectivity index is 0.000000203. The highest BCUT2D eigenvalue weighted by atomic mass is 16.5. The summed E-state index contributed by atoms with van der Waals surface area (Å²) in [7, 11) is 0. The van der Waals surface area contributed by atoms with E-state index in [9.17, 15) is 9.59 Å². The first kappa shape index (κ1) is 27.0. The van der Waals surface area contributed by atoms with Gasteiger partial charge in [-0.05, 0) is 73.5 Å². The van der Waals surface area contributed by atoms with Crippen LogP contribution in [0, 0.1) is 0 Å². The minimum atomic E-state index is -0.341. The fourth-order valence-electron chi connectivity index (χ4n) is 2.91. The lowest BCUT2D eigenvalue weighted by atomic mass is 10.1. The van der Waals surface area contributed by atoms with Gasteiger partial charge in [-0.1, -0.05) is 60.7 Å². The molecule has 0 saturated carbocycles. The number of phenolic OH excluding ortho intramolecular Hbond substituents is 1. The number of carbonyl (C=O) groups excluding carboxylic acids is 2. The Labute approximate surface area is 206 Å². The average Bonchev–Trinajstić information content (AvgIpc) is 2.91. The number of aliphatic hydroxyl groups is 1. The van der Waals surface area contributed by atoms with Gasteiger partial charge < -0.3 is 14.9 Å². The zero-order valence-corrected chi connectivity index (χ0v) is 19.8. The summed E-state index contributed by atoms with van der Waals surface area (Å²) in [4.78, 5) is 20.6. The van der Waals surface area contributed by atoms with E-state index in [1.54, 1.807) is 31.2 Å². The van der Waals surface area contributed by atoms with Crippen molar-refractivity contribution in [2.75, 3.05) is 0 Å². The number of carbonyl (C=O) groups is 2. The van der Waals surface area contributed by atoms with Crippen LogP contribution in [0.5, 0.6) is 11.5 Å². The van der Waals surface area contributed by atoms with Gasteiger partial charge in [0.2, 0.25) is 0 Å². The quantitative estimate of drug-likeness (QED) is 0.311. The predicted octanol–water partition coefficient (Wildman–Crippen LogP) is 6.58. The van der Waals surface area contributed by atoms with E-state index in [-0.39, 0.29) is 18.0 Å². The van der Waals surface area contributed by atoms with E-state index < -0.39 is 0 Å². The molecule has 5 nitrogen and oxygen atoms in total. The Morgan fingerprint density at radius 1 is 0.629 bits per heavy atom. The molecule has 0 aliphatic rings. The van der Waals surface area contributed by atoms with Gasteiger partial charge in [0.15, 0.2) is 0 Å². The fourth-order valence-corrected chi connectivity index (χ4v) is 2.91. The molecule has 35 heavy (non-hydrogen) atoms. The van der Waals surface area contributed by atoms with Gasteiger partial charge in [0.1, 0.15) is 30.2 Å². The molecule has 0 spiro atoms. The van der Waals surface area contributed by atoms with Crippen molar-refractivity contribution < 1.29 is 24.5 Å². The van der Waals surface area contributed by atoms with Gasteiger partial charge in [0.05, 0.1) is 6.10 Å². The summed E-state index contributed by atoms with van der Waals surface area (Å²) in [6.45, 7) is 3.76. The summed E-state index contributed by atoms with van der Waals surface area (Å²) in [5, 5.41) is 17.8. The van der Waals surface area contributed by atoms with Crippen molar-refractivity contribution in [1.82, 2.24) is 0 Å². The van der Waals surface area contributed by atoms with Crippen molar-refractivity contribution in [3.8, 4) is 11.5 Å². The van der Waals surface area contributed by atoms with E-state index >= 15 is 0 Å². The molecule has 0 aliphatic heterocycles. The average molecular weight is 471 g/mol. The molecule has 0 saturated heterocycles.